The molecular formula is C19H26N4O3. The number of carbonyl (C=O) groups excluding carboxylic acids is 3. The molecule has 0 bridgehead atoms. The van der Waals surface area contributed by atoms with Crippen molar-refractivity contribution in [1.29, 1.82) is 0 Å². The SMILES string of the molecule is CNC(=O)CN1C(=O)N[C@@](CCc2ccccc2)(C2CCNCC2)C1=O. The van der Waals surface area contributed by atoms with Crippen LogP contribution in [0.5, 0.6) is 0 Å². The molecule has 0 unspecified atom stereocenters. The van der Waals surface area contributed by atoms with Crippen LogP contribution in [0.2, 0.25) is 0 Å². The van der Waals surface area contributed by atoms with Crippen molar-refractivity contribution in [1.82, 2.24) is 20.9 Å². The fourth-order valence-electron chi connectivity index (χ4n) is 3.96. The number of hydrogen-bond donors (Lipinski definition) is 3. The van der Waals surface area contributed by atoms with Gasteiger partial charge in [0.2, 0.25) is 5.91 Å². The number of imide groups is 1. The Bertz CT molecular complexity index is 673. The molecule has 0 radical (unpaired) electrons. The number of amides is 4. The lowest BCUT2D eigenvalue weighted by molar-refractivity contribution is -0.137. The molecule has 26 heavy (non-hydrogen) atoms. The molecule has 1 atom stereocenters. The Hall–Kier alpha value is -2.41. The molecule has 3 rings (SSSR count). The summed E-state index contributed by atoms with van der Waals surface area (Å²) in [6, 6.07) is 9.49. The smallest absolute Gasteiger partial charge is 0.325 e. The Morgan fingerprint density at radius 1 is 1.23 bits per heavy atom. The second-order valence-corrected chi connectivity index (χ2v) is 6.98. The first kappa shape index (κ1) is 18.4. The molecule has 0 aromatic heterocycles. The van der Waals surface area contributed by atoms with Crippen LogP contribution < -0.4 is 16.0 Å². The molecule has 0 spiro atoms. The van der Waals surface area contributed by atoms with E-state index in [4.69, 9.17) is 0 Å². The fourth-order valence-corrected chi connectivity index (χ4v) is 3.96. The van der Waals surface area contributed by atoms with Gasteiger partial charge < -0.3 is 16.0 Å². The van der Waals surface area contributed by atoms with Crippen molar-refractivity contribution < 1.29 is 14.4 Å². The minimum atomic E-state index is -0.928. The molecule has 7 heteroatoms. The van der Waals surface area contributed by atoms with Crippen LogP contribution in [-0.4, -0.2) is 55.0 Å². The van der Waals surface area contributed by atoms with Gasteiger partial charge in [-0.3, -0.25) is 14.5 Å². The Labute approximate surface area is 153 Å². The molecule has 4 amide bonds. The molecule has 2 saturated heterocycles. The van der Waals surface area contributed by atoms with Crippen molar-refractivity contribution in [2.75, 3.05) is 26.7 Å². The zero-order valence-corrected chi connectivity index (χ0v) is 15.1. The maximum Gasteiger partial charge on any atom is 0.325 e. The van der Waals surface area contributed by atoms with Gasteiger partial charge in [-0.05, 0) is 50.3 Å². The monoisotopic (exact) mass is 358 g/mol. The average Bonchev–Trinajstić information content (AvgIpc) is 2.93. The summed E-state index contributed by atoms with van der Waals surface area (Å²) in [5.41, 5.74) is 0.205. The highest BCUT2D eigenvalue weighted by atomic mass is 16.2. The number of aryl methyl sites for hydroxylation is 1. The standard InChI is InChI=1S/C19H26N4O3/c1-20-16(24)13-23-17(25)19(22-18(23)26,15-8-11-21-12-9-15)10-7-14-5-3-2-4-6-14/h2-6,15,21H,7-13H2,1H3,(H,20,24)(H,22,26)/t19-/m0/s1. The van der Waals surface area contributed by atoms with Gasteiger partial charge in [-0.25, -0.2) is 4.79 Å². The Balaban J connectivity index is 1.84. The Kier molecular flexibility index (Phi) is 5.56. The van der Waals surface area contributed by atoms with Crippen LogP contribution >= 0.6 is 0 Å². The maximum absolute atomic E-state index is 13.3. The van der Waals surface area contributed by atoms with Crippen LogP contribution in [0.25, 0.3) is 0 Å². The first-order chi connectivity index (χ1) is 12.6. The van der Waals surface area contributed by atoms with Gasteiger partial charge in [0.1, 0.15) is 12.1 Å². The maximum atomic E-state index is 13.3. The van der Waals surface area contributed by atoms with E-state index in [0.29, 0.717) is 12.8 Å². The van der Waals surface area contributed by atoms with Crippen molar-refractivity contribution in [2.45, 2.75) is 31.2 Å². The van der Waals surface area contributed by atoms with Crippen molar-refractivity contribution in [3.8, 4) is 0 Å². The van der Waals surface area contributed by atoms with Gasteiger partial charge in [0, 0.05) is 7.05 Å². The lowest BCUT2D eigenvalue weighted by Crippen LogP contribution is -2.56. The quantitative estimate of drug-likeness (QED) is 0.652. The summed E-state index contributed by atoms with van der Waals surface area (Å²) in [6.07, 6.45) is 2.89. The second kappa shape index (κ2) is 7.86. The molecule has 2 fully saturated rings. The Morgan fingerprint density at radius 3 is 2.58 bits per heavy atom. The number of nitrogens with zero attached hydrogens (tertiary/aromatic N) is 1. The minimum Gasteiger partial charge on any atom is -0.358 e. The summed E-state index contributed by atoms with van der Waals surface area (Å²) in [4.78, 5) is 38.5. The summed E-state index contributed by atoms with van der Waals surface area (Å²) in [7, 11) is 1.50. The molecule has 0 aliphatic carbocycles. The first-order valence-electron chi connectivity index (χ1n) is 9.16. The summed E-state index contributed by atoms with van der Waals surface area (Å²) < 4.78 is 0. The number of likely N-dealkylation sites (N-methyl/N-ethyl adjacent to an activating group) is 1. The van der Waals surface area contributed by atoms with Gasteiger partial charge in [-0.15, -0.1) is 0 Å². The van der Waals surface area contributed by atoms with E-state index in [9.17, 15) is 14.4 Å². The van der Waals surface area contributed by atoms with Crippen molar-refractivity contribution in [3.05, 3.63) is 35.9 Å². The lowest BCUT2D eigenvalue weighted by atomic mass is 9.74. The molecule has 1 aromatic rings. The molecule has 0 saturated carbocycles. The minimum absolute atomic E-state index is 0.0681. The second-order valence-electron chi connectivity index (χ2n) is 6.98. The van der Waals surface area contributed by atoms with E-state index in [-0.39, 0.29) is 24.3 Å². The summed E-state index contributed by atoms with van der Waals surface area (Å²) >= 11 is 0. The fraction of sp³-hybridized carbons (Fsp3) is 0.526. The normalized spacial score (nSPS) is 23.8. The lowest BCUT2D eigenvalue weighted by Gasteiger charge is -2.38. The topological polar surface area (TPSA) is 90.5 Å². The number of hydrogen-bond acceptors (Lipinski definition) is 4. The van der Waals surface area contributed by atoms with Crippen molar-refractivity contribution >= 4 is 17.8 Å². The van der Waals surface area contributed by atoms with Gasteiger partial charge in [-0.2, -0.15) is 0 Å². The zero-order chi connectivity index (χ0) is 18.6. The highest BCUT2D eigenvalue weighted by Gasteiger charge is 2.55. The summed E-state index contributed by atoms with van der Waals surface area (Å²) in [5, 5.41) is 8.75. The van der Waals surface area contributed by atoms with Crippen molar-refractivity contribution in [2.24, 2.45) is 5.92 Å². The summed E-state index contributed by atoms with van der Waals surface area (Å²) in [6.45, 7) is 1.42. The molecule has 3 N–H and O–H groups in total. The van der Waals surface area contributed by atoms with Crippen LogP contribution in [0.15, 0.2) is 30.3 Å². The number of benzene rings is 1. The highest BCUT2D eigenvalue weighted by molar-refractivity contribution is 6.09. The van der Waals surface area contributed by atoms with E-state index < -0.39 is 11.6 Å². The van der Waals surface area contributed by atoms with Crippen LogP contribution in [0.4, 0.5) is 4.79 Å². The number of rotatable bonds is 6. The van der Waals surface area contributed by atoms with Crippen LogP contribution in [0, 0.1) is 5.92 Å². The van der Waals surface area contributed by atoms with Gasteiger partial charge >= 0.3 is 6.03 Å². The third-order valence-corrected chi connectivity index (χ3v) is 5.47. The molecule has 2 aliphatic heterocycles. The van der Waals surface area contributed by atoms with E-state index in [1.54, 1.807) is 0 Å². The molecule has 2 heterocycles. The predicted octanol–water partition coefficient (Wildman–Crippen LogP) is 0.655. The Morgan fingerprint density at radius 2 is 1.92 bits per heavy atom. The van der Waals surface area contributed by atoms with E-state index in [1.165, 1.54) is 7.05 Å². The molecule has 7 nitrogen and oxygen atoms in total. The predicted molar refractivity (Wildman–Crippen MR) is 97.4 cm³/mol. The highest BCUT2D eigenvalue weighted by Crippen LogP contribution is 2.35. The number of carbonyl (C=O) groups is 3. The third kappa shape index (κ3) is 3.58. The number of nitrogens with one attached hydrogen (secondary N) is 3. The largest absolute Gasteiger partial charge is 0.358 e. The molecular weight excluding hydrogens is 332 g/mol. The van der Waals surface area contributed by atoms with Gasteiger partial charge in [-0.1, -0.05) is 30.3 Å². The summed E-state index contributed by atoms with van der Waals surface area (Å²) in [5.74, 6) is -0.551. The molecule has 140 valence electrons. The van der Waals surface area contributed by atoms with E-state index in [0.717, 1.165) is 36.4 Å². The average molecular weight is 358 g/mol. The third-order valence-electron chi connectivity index (χ3n) is 5.47. The van der Waals surface area contributed by atoms with Crippen LogP contribution in [-0.2, 0) is 16.0 Å². The zero-order valence-electron chi connectivity index (χ0n) is 15.1. The van der Waals surface area contributed by atoms with Gasteiger partial charge in [0.25, 0.3) is 5.91 Å². The van der Waals surface area contributed by atoms with E-state index in [2.05, 4.69) is 16.0 Å². The number of piperidine rings is 1. The molecule has 2 aliphatic rings. The van der Waals surface area contributed by atoms with Crippen molar-refractivity contribution in [3.63, 3.8) is 0 Å². The first-order valence-corrected chi connectivity index (χ1v) is 9.16. The van der Waals surface area contributed by atoms with Gasteiger partial charge in [0.05, 0.1) is 0 Å². The van der Waals surface area contributed by atoms with Crippen LogP contribution in [0.3, 0.4) is 0 Å². The number of urea groups is 1. The molecule has 1 aromatic carbocycles. The van der Waals surface area contributed by atoms with Crippen LogP contribution in [0.1, 0.15) is 24.8 Å². The van der Waals surface area contributed by atoms with E-state index in [1.807, 2.05) is 30.3 Å². The van der Waals surface area contributed by atoms with E-state index >= 15 is 0 Å². The van der Waals surface area contributed by atoms with Gasteiger partial charge in [0.15, 0.2) is 0 Å².